The summed E-state index contributed by atoms with van der Waals surface area (Å²) in [5.74, 6) is 0. The first kappa shape index (κ1) is 8.20. The minimum Gasteiger partial charge on any atom is -0.258 e. The fourth-order valence-electron chi connectivity index (χ4n) is 0.702. The molecule has 0 spiro atoms. The number of benzene rings is 1. The summed E-state index contributed by atoms with van der Waals surface area (Å²) in [6.45, 7) is 1.80. The van der Waals surface area contributed by atoms with E-state index in [1.54, 1.807) is 13.0 Å². The Morgan fingerprint density at radius 3 is 2.82 bits per heavy atom. The van der Waals surface area contributed by atoms with Crippen LogP contribution in [0.2, 0.25) is 0 Å². The zero-order chi connectivity index (χ0) is 8.43. The first-order valence-corrected chi connectivity index (χ1v) is 3.73. The van der Waals surface area contributed by atoms with Crippen LogP contribution in [0, 0.1) is 23.1 Å². The molecule has 1 aromatic carbocycles. The number of hydrogen-bond donors (Lipinski definition) is 0. The van der Waals surface area contributed by atoms with Gasteiger partial charge in [0.1, 0.15) is 0 Å². The molecular formula is C7H5BrNO2. The normalized spacial score (nSPS) is 9.64. The quantitative estimate of drug-likeness (QED) is 0.533. The van der Waals surface area contributed by atoms with Crippen LogP contribution in [0.3, 0.4) is 0 Å². The molecule has 0 amide bonds. The van der Waals surface area contributed by atoms with Gasteiger partial charge in [0, 0.05) is 0 Å². The van der Waals surface area contributed by atoms with Gasteiger partial charge in [0.2, 0.25) is 0 Å². The number of nitro groups is 1. The molecule has 0 saturated heterocycles. The van der Waals surface area contributed by atoms with Crippen LogP contribution < -0.4 is 0 Å². The Morgan fingerprint density at radius 1 is 1.73 bits per heavy atom. The van der Waals surface area contributed by atoms with E-state index in [4.69, 9.17) is 0 Å². The van der Waals surface area contributed by atoms with Gasteiger partial charge in [-0.15, -0.1) is 0 Å². The van der Waals surface area contributed by atoms with E-state index in [1.807, 2.05) is 0 Å². The number of hydrogen-bond acceptors (Lipinski definition) is 2. The highest BCUT2D eigenvalue weighted by molar-refractivity contribution is 9.10. The molecule has 0 aliphatic rings. The summed E-state index contributed by atoms with van der Waals surface area (Å²) in [6.07, 6.45) is 0. The van der Waals surface area contributed by atoms with Gasteiger partial charge in [-0.3, -0.25) is 10.1 Å². The topological polar surface area (TPSA) is 43.1 Å². The summed E-state index contributed by atoms with van der Waals surface area (Å²) in [6, 6.07) is 5.83. The Bertz CT molecular complexity index is 298. The standard InChI is InChI=1S/C7H5BrNO2/c1-5-3-2-4-6(7(5)8)9(10)11/h2-3H,1H3. The molecule has 0 fully saturated rings. The average molecular weight is 215 g/mol. The van der Waals surface area contributed by atoms with Crippen LogP contribution in [0.5, 0.6) is 0 Å². The van der Waals surface area contributed by atoms with Crippen molar-refractivity contribution in [3.63, 3.8) is 0 Å². The Balaban J connectivity index is 3.27. The van der Waals surface area contributed by atoms with E-state index < -0.39 is 4.92 Å². The van der Waals surface area contributed by atoms with Gasteiger partial charge in [0.05, 0.1) is 15.5 Å². The highest BCUT2D eigenvalue weighted by Gasteiger charge is 2.12. The molecule has 1 radical (unpaired) electrons. The van der Waals surface area contributed by atoms with E-state index in [9.17, 15) is 10.1 Å². The van der Waals surface area contributed by atoms with Crippen LogP contribution in [0.25, 0.3) is 0 Å². The molecule has 0 bridgehead atoms. The predicted octanol–water partition coefficient (Wildman–Crippen LogP) is 2.47. The van der Waals surface area contributed by atoms with E-state index in [-0.39, 0.29) is 5.69 Å². The van der Waals surface area contributed by atoms with Crippen LogP contribution in [-0.4, -0.2) is 4.92 Å². The van der Waals surface area contributed by atoms with Crippen molar-refractivity contribution in [3.05, 3.63) is 38.3 Å². The maximum absolute atomic E-state index is 10.3. The summed E-state index contributed by atoms with van der Waals surface area (Å²) in [4.78, 5) is 9.86. The highest BCUT2D eigenvalue weighted by Crippen LogP contribution is 2.26. The van der Waals surface area contributed by atoms with Crippen molar-refractivity contribution < 1.29 is 4.92 Å². The third-order valence-corrected chi connectivity index (χ3v) is 2.29. The number of aryl methyl sites for hydroxylation is 1. The van der Waals surface area contributed by atoms with E-state index in [0.29, 0.717) is 4.47 Å². The Hall–Kier alpha value is -0.900. The second-order valence-electron chi connectivity index (χ2n) is 2.08. The highest BCUT2D eigenvalue weighted by atomic mass is 79.9. The summed E-state index contributed by atoms with van der Waals surface area (Å²) in [5.41, 5.74) is 0.834. The van der Waals surface area contributed by atoms with Crippen LogP contribution >= 0.6 is 15.9 Å². The maximum Gasteiger partial charge on any atom is 0.291 e. The lowest BCUT2D eigenvalue weighted by Crippen LogP contribution is -1.90. The molecule has 0 N–H and O–H groups in total. The Labute approximate surface area is 72.3 Å². The van der Waals surface area contributed by atoms with Gasteiger partial charge in [0.25, 0.3) is 5.69 Å². The fraction of sp³-hybridized carbons (Fsp3) is 0.143. The molecule has 0 aliphatic heterocycles. The third kappa shape index (κ3) is 1.57. The second-order valence-corrected chi connectivity index (χ2v) is 2.87. The summed E-state index contributed by atoms with van der Waals surface area (Å²) >= 11 is 3.11. The second kappa shape index (κ2) is 3.00. The molecule has 0 aromatic heterocycles. The summed E-state index contributed by atoms with van der Waals surface area (Å²) in [7, 11) is 0. The number of nitrogens with zero attached hydrogens (tertiary/aromatic N) is 1. The van der Waals surface area contributed by atoms with Gasteiger partial charge in [-0.1, -0.05) is 6.07 Å². The minimum absolute atomic E-state index is 0.00926. The first-order chi connectivity index (χ1) is 5.13. The van der Waals surface area contributed by atoms with Crippen molar-refractivity contribution in [1.82, 2.24) is 0 Å². The fourth-order valence-corrected chi connectivity index (χ4v) is 1.09. The molecule has 0 unspecified atom stereocenters. The van der Waals surface area contributed by atoms with Crippen molar-refractivity contribution in [2.24, 2.45) is 0 Å². The molecule has 0 aliphatic carbocycles. The smallest absolute Gasteiger partial charge is 0.258 e. The van der Waals surface area contributed by atoms with Crippen molar-refractivity contribution in [2.45, 2.75) is 6.92 Å². The van der Waals surface area contributed by atoms with E-state index >= 15 is 0 Å². The van der Waals surface area contributed by atoms with Gasteiger partial charge in [-0.2, -0.15) is 0 Å². The zero-order valence-corrected chi connectivity index (χ0v) is 7.38. The number of halogens is 1. The van der Waals surface area contributed by atoms with E-state index in [0.717, 1.165) is 5.56 Å². The molecule has 1 rings (SSSR count). The molecule has 1 aromatic rings. The van der Waals surface area contributed by atoms with Gasteiger partial charge < -0.3 is 0 Å². The Kier molecular flexibility index (Phi) is 2.24. The molecule has 4 heteroatoms. The zero-order valence-electron chi connectivity index (χ0n) is 5.80. The van der Waals surface area contributed by atoms with Gasteiger partial charge in [0.15, 0.2) is 0 Å². The lowest BCUT2D eigenvalue weighted by atomic mass is 10.2. The van der Waals surface area contributed by atoms with Crippen molar-refractivity contribution in [3.8, 4) is 0 Å². The summed E-state index contributed by atoms with van der Waals surface area (Å²) < 4.78 is 0.505. The molecule has 0 atom stereocenters. The van der Waals surface area contributed by atoms with Gasteiger partial charge in [-0.25, -0.2) is 0 Å². The molecule has 0 heterocycles. The van der Waals surface area contributed by atoms with Crippen LogP contribution in [-0.2, 0) is 0 Å². The molecule has 57 valence electrons. The lowest BCUT2D eigenvalue weighted by Gasteiger charge is -1.96. The number of rotatable bonds is 1. The van der Waals surface area contributed by atoms with Crippen molar-refractivity contribution in [2.75, 3.05) is 0 Å². The lowest BCUT2D eigenvalue weighted by molar-refractivity contribution is -0.386. The molecule has 11 heavy (non-hydrogen) atoms. The van der Waals surface area contributed by atoms with Gasteiger partial charge in [-0.05, 0) is 34.5 Å². The average Bonchev–Trinajstić information content (AvgIpc) is 1.94. The molecule has 3 nitrogen and oxygen atoms in total. The van der Waals surface area contributed by atoms with Crippen molar-refractivity contribution >= 4 is 21.6 Å². The minimum atomic E-state index is -0.461. The maximum atomic E-state index is 10.3. The SMILES string of the molecule is Cc1cc[c]c([N+](=O)[O-])c1Br. The molecule has 0 saturated carbocycles. The van der Waals surface area contributed by atoms with E-state index in [1.165, 1.54) is 6.07 Å². The number of nitro benzene ring substituents is 1. The van der Waals surface area contributed by atoms with Crippen LogP contribution in [0.1, 0.15) is 5.56 Å². The largest absolute Gasteiger partial charge is 0.291 e. The van der Waals surface area contributed by atoms with E-state index in [2.05, 4.69) is 22.0 Å². The predicted molar refractivity (Wildman–Crippen MR) is 44.4 cm³/mol. The van der Waals surface area contributed by atoms with Gasteiger partial charge >= 0.3 is 0 Å². The van der Waals surface area contributed by atoms with Crippen LogP contribution in [0.15, 0.2) is 16.6 Å². The third-order valence-electron chi connectivity index (χ3n) is 1.29. The molecular weight excluding hydrogens is 210 g/mol. The van der Waals surface area contributed by atoms with Crippen LogP contribution in [0.4, 0.5) is 5.69 Å². The summed E-state index contributed by atoms with van der Waals surface area (Å²) in [5, 5.41) is 10.3. The van der Waals surface area contributed by atoms with Crippen molar-refractivity contribution in [1.29, 1.82) is 0 Å². The monoisotopic (exact) mass is 214 g/mol. The first-order valence-electron chi connectivity index (χ1n) is 2.94. The Morgan fingerprint density at radius 2 is 2.36 bits per heavy atom.